The Kier molecular flexibility index (Phi) is 6.90. The van der Waals surface area contributed by atoms with Crippen LogP contribution >= 0.6 is 0 Å². The summed E-state index contributed by atoms with van der Waals surface area (Å²) < 4.78 is 9.93. The SMILES string of the molecule is CC(C)(C)OC(=O)OCc1ncccc1C(=O)NCCO[N+](=O)[O-]. The number of nitrogens with one attached hydrogen (secondary N) is 1. The fourth-order valence-corrected chi connectivity index (χ4v) is 1.55. The van der Waals surface area contributed by atoms with E-state index in [1.54, 1.807) is 26.8 Å². The first-order valence-corrected chi connectivity index (χ1v) is 7.04. The molecular formula is C14H19N3O7. The van der Waals surface area contributed by atoms with Crippen LogP contribution < -0.4 is 5.32 Å². The lowest BCUT2D eigenvalue weighted by atomic mass is 10.2. The fraction of sp³-hybridized carbons (Fsp3) is 0.500. The Bertz CT molecular complexity index is 598. The quantitative estimate of drug-likeness (QED) is 0.341. The van der Waals surface area contributed by atoms with Crippen molar-refractivity contribution in [1.29, 1.82) is 0 Å². The second-order valence-corrected chi connectivity index (χ2v) is 5.56. The van der Waals surface area contributed by atoms with E-state index in [1.165, 1.54) is 12.3 Å². The predicted molar refractivity (Wildman–Crippen MR) is 80.5 cm³/mol. The molecule has 0 spiro atoms. The summed E-state index contributed by atoms with van der Waals surface area (Å²) in [5, 5.41) is 11.5. The van der Waals surface area contributed by atoms with E-state index in [1.807, 2.05) is 0 Å². The van der Waals surface area contributed by atoms with Gasteiger partial charge in [-0.15, -0.1) is 10.1 Å². The van der Waals surface area contributed by atoms with Gasteiger partial charge in [0.2, 0.25) is 0 Å². The minimum atomic E-state index is -0.948. The first-order chi connectivity index (χ1) is 11.2. The van der Waals surface area contributed by atoms with Crippen LogP contribution in [0.4, 0.5) is 4.79 Å². The molecule has 1 amide bonds. The summed E-state index contributed by atoms with van der Waals surface area (Å²) in [4.78, 5) is 41.7. The number of aromatic nitrogens is 1. The van der Waals surface area contributed by atoms with Crippen LogP contribution in [0.3, 0.4) is 0 Å². The molecule has 132 valence electrons. The number of ether oxygens (including phenoxy) is 2. The molecule has 0 unspecified atom stereocenters. The van der Waals surface area contributed by atoms with Crippen molar-refractivity contribution in [2.75, 3.05) is 13.2 Å². The van der Waals surface area contributed by atoms with Crippen molar-refractivity contribution in [3.63, 3.8) is 0 Å². The highest BCUT2D eigenvalue weighted by atomic mass is 16.9. The Hall–Kier alpha value is -2.91. The van der Waals surface area contributed by atoms with Gasteiger partial charge in [0.15, 0.2) is 0 Å². The van der Waals surface area contributed by atoms with E-state index in [9.17, 15) is 19.7 Å². The molecular weight excluding hydrogens is 322 g/mol. The molecule has 0 saturated heterocycles. The maximum absolute atomic E-state index is 12.0. The zero-order chi connectivity index (χ0) is 18.2. The van der Waals surface area contributed by atoms with Crippen molar-refractivity contribution >= 4 is 12.1 Å². The summed E-state index contributed by atoms with van der Waals surface area (Å²) >= 11 is 0. The second kappa shape index (κ2) is 8.65. The van der Waals surface area contributed by atoms with E-state index in [0.717, 1.165) is 0 Å². The molecule has 1 N–H and O–H groups in total. The highest BCUT2D eigenvalue weighted by Gasteiger charge is 2.19. The number of pyridine rings is 1. The zero-order valence-electron chi connectivity index (χ0n) is 13.6. The van der Waals surface area contributed by atoms with Gasteiger partial charge in [-0.2, -0.15) is 0 Å². The zero-order valence-corrected chi connectivity index (χ0v) is 13.6. The molecule has 10 heteroatoms. The van der Waals surface area contributed by atoms with Crippen molar-refractivity contribution in [2.45, 2.75) is 33.0 Å². The minimum Gasteiger partial charge on any atom is -0.429 e. The van der Waals surface area contributed by atoms with Crippen LogP contribution in [0.1, 0.15) is 36.8 Å². The molecule has 0 radical (unpaired) electrons. The van der Waals surface area contributed by atoms with Crippen molar-refractivity contribution in [3.05, 3.63) is 39.7 Å². The van der Waals surface area contributed by atoms with E-state index in [4.69, 9.17) is 9.47 Å². The van der Waals surface area contributed by atoms with E-state index in [-0.39, 0.29) is 31.0 Å². The molecule has 10 nitrogen and oxygen atoms in total. The molecule has 1 aromatic rings. The molecule has 1 rings (SSSR count). The summed E-state index contributed by atoms with van der Waals surface area (Å²) in [6, 6.07) is 3.03. The summed E-state index contributed by atoms with van der Waals surface area (Å²) in [7, 11) is 0. The Balaban J connectivity index is 2.59. The number of nitrogens with zero attached hydrogens (tertiary/aromatic N) is 2. The number of carbonyl (C=O) groups excluding carboxylic acids is 2. The van der Waals surface area contributed by atoms with Gasteiger partial charge in [-0.05, 0) is 32.9 Å². The first kappa shape index (κ1) is 19.1. The molecule has 1 aromatic heterocycles. The van der Waals surface area contributed by atoms with Gasteiger partial charge in [-0.1, -0.05) is 0 Å². The summed E-state index contributed by atoms with van der Waals surface area (Å²) in [5.41, 5.74) is -0.281. The molecule has 0 aromatic carbocycles. The van der Waals surface area contributed by atoms with Crippen LogP contribution in [-0.4, -0.2) is 40.9 Å². The molecule has 0 atom stereocenters. The molecule has 24 heavy (non-hydrogen) atoms. The van der Waals surface area contributed by atoms with Crippen LogP contribution in [-0.2, 0) is 20.9 Å². The van der Waals surface area contributed by atoms with E-state index in [0.29, 0.717) is 0 Å². The Labute approximate surface area is 138 Å². The topological polar surface area (TPSA) is 130 Å². The summed E-state index contributed by atoms with van der Waals surface area (Å²) in [6.07, 6.45) is 0.569. The maximum atomic E-state index is 12.0. The highest BCUT2D eigenvalue weighted by Crippen LogP contribution is 2.11. The summed E-state index contributed by atoms with van der Waals surface area (Å²) in [5.74, 6) is -0.516. The van der Waals surface area contributed by atoms with Crippen LogP contribution in [0, 0.1) is 10.1 Å². The average molecular weight is 341 g/mol. The normalized spacial score (nSPS) is 10.6. The van der Waals surface area contributed by atoms with Gasteiger partial charge in [0.05, 0.1) is 11.3 Å². The van der Waals surface area contributed by atoms with Gasteiger partial charge in [0.25, 0.3) is 11.0 Å². The lowest BCUT2D eigenvalue weighted by Crippen LogP contribution is -2.29. The lowest BCUT2D eigenvalue weighted by Gasteiger charge is -2.19. The van der Waals surface area contributed by atoms with Crippen molar-refractivity contribution in [2.24, 2.45) is 0 Å². The molecule has 0 fully saturated rings. The van der Waals surface area contributed by atoms with Gasteiger partial charge in [-0.3, -0.25) is 9.78 Å². The van der Waals surface area contributed by atoms with E-state index >= 15 is 0 Å². The van der Waals surface area contributed by atoms with Gasteiger partial charge in [0.1, 0.15) is 18.8 Å². The number of hydrogen-bond donors (Lipinski definition) is 1. The average Bonchev–Trinajstić information content (AvgIpc) is 2.47. The van der Waals surface area contributed by atoms with Crippen LogP contribution in [0.25, 0.3) is 0 Å². The monoisotopic (exact) mass is 341 g/mol. The molecule has 0 aliphatic heterocycles. The number of carbonyl (C=O) groups is 2. The number of amides is 1. The van der Waals surface area contributed by atoms with E-state index < -0.39 is 22.8 Å². The molecule has 0 aliphatic rings. The third-order valence-corrected chi connectivity index (χ3v) is 2.44. The van der Waals surface area contributed by atoms with Crippen molar-refractivity contribution < 1.29 is 29.0 Å². The summed E-state index contributed by atoms with van der Waals surface area (Å²) in [6.45, 7) is 4.51. The Morgan fingerprint density at radius 1 is 1.38 bits per heavy atom. The smallest absolute Gasteiger partial charge is 0.429 e. The minimum absolute atomic E-state index is 0.0545. The predicted octanol–water partition coefficient (Wildman–Crippen LogP) is 1.47. The number of rotatable bonds is 7. The largest absolute Gasteiger partial charge is 0.509 e. The lowest BCUT2D eigenvalue weighted by molar-refractivity contribution is -0.757. The third-order valence-electron chi connectivity index (χ3n) is 2.44. The maximum Gasteiger partial charge on any atom is 0.509 e. The number of hydrogen-bond acceptors (Lipinski definition) is 8. The fourth-order valence-electron chi connectivity index (χ4n) is 1.55. The van der Waals surface area contributed by atoms with Crippen LogP contribution in [0.2, 0.25) is 0 Å². The third kappa shape index (κ3) is 7.38. The van der Waals surface area contributed by atoms with Crippen LogP contribution in [0.15, 0.2) is 18.3 Å². The molecule has 0 saturated carbocycles. The van der Waals surface area contributed by atoms with Gasteiger partial charge >= 0.3 is 6.16 Å². The standard InChI is InChI=1S/C14H19N3O7/c1-14(2,3)24-13(19)22-9-11-10(5-4-6-15-11)12(18)16-7-8-23-17(20)21/h4-6H,7-9H2,1-3H3,(H,16,18). The van der Waals surface area contributed by atoms with Crippen molar-refractivity contribution in [3.8, 4) is 0 Å². The second-order valence-electron chi connectivity index (χ2n) is 5.56. The van der Waals surface area contributed by atoms with Crippen molar-refractivity contribution in [1.82, 2.24) is 10.3 Å². The molecule has 1 heterocycles. The first-order valence-electron chi connectivity index (χ1n) is 7.04. The van der Waals surface area contributed by atoms with Gasteiger partial charge in [0, 0.05) is 12.7 Å². The van der Waals surface area contributed by atoms with E-state index in [2.05, 4.69) is 15.1 Å². The molecule has 0 bridgehead atoms. The highest BCUT2D eigenvalue weighted by molar-refractivity contribution is 5.95. The van der Waals surface area contributed by atoms with Gasteiger partial charge in [-0.25, -0.2) is 4.79 Å². The Morgan fingerprint density at radius 2 is 2.08 bits per heavy atom. The van der Waals surface area contributed by atoms with Crippen LogP contribution in [0.5, 0.6) is 0 Å². The molecule has 0 aliphatic carbocycles. The van der Waals surface area contributed by atoms with Gasteiger partial charge < -0.3 is 19.6 Å². The Morgan fingerprint density at radius 3 is 2.71 bits per heavy atom.